The predicted molar refractivity (Wildman–Crippen MR) is 69.1 cm³/mol. The van der Waals surface area contributed by atoms with Gasteiger partial charge in [0.1, 0.15) is 5.82 Å². The van der Waals surface area contributed by atoms with E-state index in [0.29, 0.717) is 17.2 Å². The van der Waals surface area contributed by atoms with E-state index in [1.165, 1.54) is 6.07 Å². The number of benzene rings is 1. The number of nitrogens with zero attached hydrogens (tertiary/aromatic N) is 1. The highest BCUT2D eigenvalue weighted by atomic mass is 19.1. The third-order valence-corrected chi connectivity index (χ3v) is 3.67. The molecule has 1 aliphatic rings. The van der Waals surface area contributed by atoms with Gasteiger partial charge in [-0.05, 0) is 43.4 Å². The topological polar surface area (TPSA) is 43.7 Å². The molecule has 1 aromatic carbocycles. The molecule has 0 aliphatic carbocycles. The van der Waals surface area contributed by atoms with Gasteiger partial charge < -0.3 is 15.1 Å². The van der Waals surface area contributed by atoms with Crippen LogP contribution >= 0.6 is 0 Å². The van der Waals surface area contributed by atoms with Crippen LogP contribution in [0.25, 0.3) is 0 Å². The first-order valence-corrected chi connectivity index (χ1v) is 6.45. The molecule has 1 saturated heterocycles. The van der Waals surface area contributed by atoms with E-state index in [4.69, 9.17) is 5.11 Å². The third kappa shape index (κ3) is 2.82. The van der Waals surface area contributed by atoms with Crippen molar-refractivity contribution in [1.29, 1.82) is 0 Å². The summed E-state index contributed by atoms with van der Waals surface area (Å²) in [5, 5.41) is 18.5. The van der Waals surface area contributed by atoms with Crippen molar-refractivity contribution in [3.63, 3.8) is 0 Å². The van der Waals surface area contributed by atoms with Crippen molar-refractivity contribution in [3.8, 4) is 0 Å². The van der Waals surface area contributed by atoms with Crippen molar-refractivity contribution in [3.05, 3.63) is 29.6 Å². The molecule has 0 unspecified atom stereocenters. The number of anilines is 1. The summed E-state index contributed by atoms with van der Waals surface area (Å²) in [6.45, 7) is 3.39. The monoisotopic (exact) mass is 253 g/mol. The fourth-order valence-corrected chi connectivity index (χ4v) is 2.40. The lowest BCUT2D eigenvalue weighted by Gasteiger charge is -2.33. The van der Waals surface area contributed by atoms with Crippen LogP contribution < -0.4 is 4.90 Å². The van der Waals surface area contributed by atoms with Gasteiger partial charge in [-0.15, -0.1) is 0 Å². The molecule has 18 heavy (non-hydrogen) atoms. The van der Waals surface area contributed by atoms with Crippen molar-refractivity contribution in [2.24, 2.45) is 5.92 Å². The Bertz CT molecular complexity index is 401. The van der Waals surface area contributed by atoms with Gasteiger partial charge in [-0.2, -0.15) is 0 Å². The van der Waals surface area contributed by atoms with Crippen LogP contribution in [0.5, 0.6) is 0 Å². The maximum atomic E-state index is 14.0. The Morgan fingerprint density at radius 3 is 2.56 bits per heavy atom. The van der Waals surface area contributed by atoms with Gasteiger partial charge in [0, 0.05) is 19.7 Å². The standard InChI is InChI=1S/C14H20FNO2/c1-10(18)12-2-3-14(13(15)8-12)16-6-4-11(9-17)5-7-16/h2-3,8,10-11,17-18H,4-7,9H2,1H3/t10-/m0/s1. The second-order valence-corrected chi connectivity index (χ2v) is 5.00. The Morgan fingerprint density at radius 1 is 1.39 bits per heavy atom. The van der Waals surface area contributed by atoms with Crippen molar-refractivity contribution in [2.75, 3.05) is 24.6 Å². The van der Waals surface area contributed by atoms with Gasteiger partial charge in [0.2, 0.25) is 0 Å². The van der Waals surface area contributed by atoms with E-state index in [1.54, 1.807) is 19.1 Å². The van der Waals surface area contributed by atoms with Gasteiger partial charge in [0.05, 0.1) is 11.8 Å². The Balaban J connectivity index is 2.10. The zero-order valence-corrected chi connectivity index (χ0v) is 10.6. The van der Waals surface area contributed by atoms with Crippen LogP contribution in [-0.4, -0.2) is 29.9 Å². The summed E-state index contributed by atoms with van der Waals surface area (Å²) in [5.74, 6) is 0.0666. The van der Waals surface area contributed by atoms with Crippen molar-refractivity contribution >= 4 is 5.69 Å². The van der Waals surface area contributed by atoms with E-state index in [9.17, 15) is 9.50 Å². The first kappa shape index (κ1) is 13.3. The summed E-state index contributed by atoms with van der Waals surface area (Å²) in [4.78, 5) is 2.01. The van der Waals surface area contributed by atoms with E-state index >= 15 is 0 Å². The first-order valence-electron chi connectivity index (χ1n) is 6.45. The van der Waals surface area contributed by atoms with E-state index in [-0.39, 0.29) is 12.4 Å². The SMILES string of the molecule is C[C@H](O)c1ccc(N2CCC(CO)CC2)c(F)c1. The van der Waals surface area contributed by atoms with Crippen LogP contribution in [0.15, 0.2) is 18.2 Å². The smallest absolute Gasteiger partial charge is 0.146 e. The molecule has 4 heteroatoms. The normalized spacial score (nSPS) is 19.0. The van der Waals surface area contributed by atoms with Gasteiger partial charge in [0.15, 0.2) is 0 Å². The molecule has 2 N–H and O–H groups in total. The van der Waals surface area contributed by atoms with Gasteiger partial charge in [-0.25, -0.2) is 4.39 Å². The van der Waals surface area contributed by atoms with Crippen LogP contribution in [0.2, 0.25) is 0 Å². The minimum Gasteiger partial charge on any atom is -0.396 e. The molecule has 1 aromatic rings. The molecular weight excluding hydrogens is 233 g/mol. The molecule has 1 fully saturated rings. The molecule has 0 aromatic heterocycles. The molecule has 0 bridgehead atoms. The van der Waals surface area contributed by atoms with E-state index in [2.05, 4.69) is 0 Å². The molecule has 0 saturated carbocycles. The summed E-state index contributed by atoms with van der Waals surface area (Å²) < 4.78 is 14.0. The molecule has 1 aliphatic heterocycles. The Hall–Kier alpha value is -1.13. The van der Waals surface area contributed by atoms with Crippen molar-refractivity contribution in [1.82, 2.24) is 0 Å². The molecular formula is C14H20FNO2. The Morgan fingerprint density at radius 2 is 2.06 bits per heavy atom. The average Bonchev–Trinajstić information content (AvgIpc) is 2.38. The minimum atomic E-state index is -0.645. The van der Waals surface area contributed by atoms with E-state index in [1.807, 2.05) is 4.90 Å². The molecule has 0 amide bonds. The van der Waals surface area contributed by atoms with E-state index < -0.39 is 6.10 Å². The second-order valence-electron chi connectivity index (χ2n) is 5.00. The minimum absolute atomic E-state index is 0.220. The number of aliphatic hydroxyl groups is 2. The summed E-state index contributed by atoms with van der Waals surface area (Å²) in [5.41, 5.74) is 1.19. The van der Waals surface area contributed by atoms with Crippen LogP contribution in [0.4, 0.5) is 10.1 Å². The van der Waals surface area contributed by atoms with Crippen LogP contribution in [0.1, 0.15) is 31.4 Å². The molecule has 100 valence electrons. The third-order valence-electron chi connectivity index (χ3n) is 3.67. The largest absolute Gasteiger partial charge is 0.396 e. The van der Waals surface area contributed by atoms with Gasteiger partial charge in [-0.3, -0.25) is 0 Å². The number of halogens is 1. The number of piperidine rings is 1. The lowest BCUT2D eigenvalue weighted by atomic mass is 9.97. The molecule has 0 radical (unpaired) electrons. The number of aliphatic hydroxyl groups excluding tert-OH is 2. The molecule has 0 spiro atoms. The maximum absolute atomic E-state index is 14.0. The zero-order valence-electron chi connectivity index (χ0n) is 10.6. The fourth-order valence-electron chi connectivity index (χ4n) is 2.40. The van der Waals surface area contributed by atoms with E-state index in [0.717, 1.165) is 25.9 Å². The lowest BCUT2D eigenvalue weighted by Crippen LogP contribution is -2.35. The highest BCUT2D eigenvalue weighted by molar-refractivity contribution is 5.49. The highest BCUT2D eigenvalue weighted by Crippen LogP contribution is 2.27. The van der Waals surface area contributed by atoms with Crippen LogP contribution in [0, 0.1) is 11.7 Å². The van der Waals surface area contributed by atoms with Crippen molar-refractivity contribution in [2.45, 2.75) is 25.9 Å². The highest BCUT2D eigenvalue weighted by Gasteiger charge is 2.21. The molecule has 1 atom stereocenters. The average molecular weight is 253 g/mol. The summed E-state index contributed by atoms with van der Waals surface area (Å²) in [6.07, 6.45) is 1.15. The van der Waals surface area contributed by atoms with Crippen LogP contribution in [0.3, 0.4) is 0 Å². The van der Waals surface area contributed by atoms with Crippen molar-refractivity contribution < 1.29 is 14.6 Å². The Kier molecular flexibility index (Phi) is 4.19. The zero-order chi connectivity index (χ0) is 13.1. The summed E-state index contributed by atoms with van der Waals surface area (Å²) in [7, 11) is 0. The quantitative estimate of drug-likeness (QED) is 0.867. The predicted octanol–water partition coefficient (Wildman–Crippen LogP) is 2.09. The Labute approximate surface area is 107 Å². The van der Waals surface area contributed by atoms with Gasteiger partial charge in [-0.1, -0.05) is 6.07 Å². The summed E-state index contributed by atoms with van der Waals surface area (Å²) >= 11 is 0. The number of rotatable bonds is 3. The van der Waals surface area contributed by atoms with Crippen LogP contribution in [-0.2, 0) is 0 Å². The second kappa shape index (κ2) is 5.67. The number of hydrogen-bond acceptors (Lipinski definition) is 3. The summed E-state index contributed by atoms with van der Waals surface area (Å²) in [6, 6.07) is 4.90. The molecule has 2 rings (SSSR count). The fraction of sp³-hybridized carbons (Fsp3) is 0.571. The van der Waals surface area contributed by atoms with Gasteiger partial charge >= 0.3 is 0 Å². The molecule has 1 heterocycles. The maximum Gasteiger partial charge on any atom is 0.146 e. The molecule has 3 nitrogen and oxygen atoms in total. The first-order chi connectivity index (χ1) is 8.61. The lowest BCUT2D eigenvalue weighted by molar-refractivity contribution is 0.198. The number of hydrogen-bond donors (Lipinski definition) is 2. The van der Waals surface area contributed by atoms with Gasteiger partial charge in [0.25, 0.3) is 0 Å².